The maximum absolute atomic E-state index is 11.5. The summed E-state index contributed by atoms with van der Waals surface area (Å²) in [5.41, 5.74) is 0.338. The molecule has 7 heteroatoms. The minimum absolute atomic E-state index is 0.350. The Morgan fingerprint density at radius 1 is 1.16 bits per heavy atom. The van der Waals surface area contributed by atoms with Crippen molar-refractivity contribution < 1.29 is 9.53 Å². The highest BCUT2D eigenvalue weighted by atomic mass is 16.6. The van der Waals surface area contributed by atoms with Gasteiger partial charge in [0.15, 0.2) is 5.82 Å². The molecule has 7 nitrogen and oxygen atoms in total. The van der Waals surface area contributed by atoms with E-state index in [2.05, 4.69) is 20.4 Å². The Hall–Kier alpha value is -2.44. The molecule has 0 unspecified atom stereocenters. The lowest BCUT2D eigenvalue weighted by molar-refractivity contribution is 0.0527. The van der Waals surface area contributed by atoms with Crippen LogP contribution in [0.4, 0.5) is 4.79 Å². The average molecular weight is 345 g/mol. The predicted octanol–water partition coefficient (Wildman–Crippen LogP) is 3.43. The maximum atomic E-state index is 11.5. The molecule has 0 radical (unpaired) electrons. The molecule has 0 aliphatic heterocycles. The fraction of sp³-hybridized carbons (Fsp3) is 0.556. The summed E-state index contributed by atoms with van der Waals surface area (Å²) in [6.07, 6.45) is 7.23. The monoisotopic (exact) mass is 345 g/mol. The number of rotatable bonds is 8. The van der Waals surface area contributed by atoms with Crippen LogP contribution < -0.4 is 5.32 Å². The number of nitrogens with zero attached hydrogens (tertiary/aromatic N) is 4. The highest BCUT2D eigenvalue weighted by molar-refractivity contribution is 5.67. The van der Waals surface area contributed by atoms with Crippen molar-refractivity contribution in [2.24, 2.45) is 0 Å². The van der Waals surface area contributed by atoms with Crippen molar-refractivity contribution in [3.63, 3.8) is 0 Å². The van der Waals surface area contributed by atoms with Crippen molar-refractivity contribution in [2.75, 3.05) is 6.54 Å². The van der Waals surface area contributed by atoms with Crippen LogP contribution in [0.1, 0.15) is 46.5 Å². The van der Waals surface area contributed by atoms with Crippen molar-refractivity contribution >= 4 is 6.09 Å². The Bertz CT molecular complexity index is 649. The summed E-state index contributed by atoms with van der Waals surface area (Å²) < 4.78 is 7.04. The SMILES string of the molecule is CC(C)(C)OC(=O)NCCCCCCn1cnc(-c2ccccn2)n1. The van der Waals surface area contributed by atoms with Crippen molar-refractivity contribution in [3.8, 4) is 11.5 Å². The van der Waals surface area contributed by atoms with Gasteiger partial charge in [0.2, 0.25) is 0 Å². The van der Waals surface area contributed by atoms with Crippen LogP contribution >= 0.6 is 0 Å². The van der Waals surface area contributed by atoms with Gasteiger partial charge in [-0.15, -0.1) is 5.10 Å². The summed E-state index contributed by atoms with van der Waals surface area (Å²) in [7, 11) is 0. The van der Waals surface area contributed by atoms with E-state index in [4.69, 9.17) is 4.74 Å². The second kappa shape index (κ2) is 9.15. The second-order valence-electron chi connectivity index (χ2n) is 6.89. The van der Waals surface area contributed by atoms with Gasteiger partial charge in [-0.1, -0.05) is 18.9 Å². The first kappa shape index (κ1) is 18.9. The summed E-state index contributed by atoms with van der Waals surface area (Å²) >= 11 is 0. The molecule has 2 heterocycles. The number of unbranched alkanes of at least 4 members (excludes halogenated alkanes) is 3. The molecule has 0 aliphatic carbocycles. The quantitative estimate of drug-likeness (QED) is 0.741. The van der Waals surface area contributed by atoms with Crippen LogP contribution in [-0.4, -0.2) is 38.0 Å². The lowest BCUT2D eigenvalue weighted by Crippen LogP contribution is -2.32. The fourth-order valence-corrected chi connectivity index (χ4v) is 2.27. The molecular formula is C18H27N5O2. The first-order valence-corrected chi connectivity index (χ1v) is 8.72. The molecule has 0 saturated carbocycles. The van der Waals surface area contributed by atoms with Gasteiger partial charge >= 0.3 is 6.09 Å². The summed E-state index contributed by atoms with van der Waals surface area (Å²) in [6, 6.07) is 5.70. The molecule has 1 amide bonds. The molecule has 0 fully saturated rings. The zero-order valence-corrected chi connectivity index (χ0v) is 15.2. The molecule has 2 rings (SSSR count). The molecule has 0 spiro atoms. The van der Waals surface area contributed by atoms with E-state index in [9.17, 15) is 4.79 Å². The van der Waals surface area contributed by atoms with Gasteiger partial charge in [-0.3, -0.25) is 9.67 Å². The third-order valence-corrected chi connectivity index (χ3v) is 3.41. The van der Waals surface area contributed by atoms with Gasteiger partial charge < -0.3 is 10.1 Å². The van der Waals surface area contributed by atoms with Crippen molar-refractivity contribution in [1.82, 2.24) is 25.1 Å². The predicted molar refractivity (Wildman–Crippen MR) is 96.0 cm³/mol. The number of hydrogen-bond acceptors (Lipinski definition) is 5. The number of pyridine rings is 1. The van der Waals surface area contributed by atoms with Crippen LogP contribution in [0.5, 0.6) is 0 Å². The molecule has 2 aromatic rings. The maximum Gasteiger partial charge on any atom is 0.407 e. The van der Waals surface area contributed by atoms with Crippen molar-refractivity contribution in [1.29, 1.82) is 0 Å². The summed E-state index contributed by atoms with van der Waals surface area (Å²) in [4.78, 5) is 20.0. The van der Waals surface area contributed by atoms with Crippen LogP contribution in [0.15, 0.2) is 30.7 Å². The molecule has 0 saturated heterocycles. The number of carbonyl (C=O) groups is 1. The third kappa shape index (κ3) is 7.32. The molecule has 0 aliphatic rings. The highest BCUT2D eigenvalue weighted by Gasteiger charge is 2.15. The van der Waals surface area contributed by atoms with E-state index in [0.29, 0.717) is 12.4 Å². The zero-order chi connectivity index (χ0) is 18.1. The van der Waals surface area contributed by atoms with Crippen LogP contribution in [0.2, 0.25) is 0 Å². The summed E-state index contributed by atoms with van der Waals surface area (Å²) in [5.74, 6) is 0.655. The van der Waals surface area contributed by atoms with Gasteiger partial charge in [0, 0.05) is 19.3 Å². The summed E-state index contributed by atoms with van der Waals surface area (Å²) in [5, 5.41) is 7.21. The van der Waals surface area contributed by atoms with E-state index >= 15 is 0 Å². The molecule has 25 heavy (non-hydrogen) atoms. The molecule has 2 aromatic heterocycles. The normalized spacial score (nSPS) is 11.3. The van der Waals surface area contributed by atoms with Gasteiger partial charge in [0.25, 0.3) is 0 Å². The first-order valence-electron chi connectivity index (χ1n) is 8.72. The first-order chi connectivity index (χ1) is 11.9. The number of hydrogen-bond donors (Lipinski definition) is 1. The topological polar surface area (TPSA) is 81.9 Å². The van der Waals surface area contributed by atoms with Crippen molar-refractivity contribution in [3.05, 3.63) is 30.7 Å². The van der Waals surface area contributed by atoms with E-state index in [0.717, 1.165) is 37.9 Å². The van der Waals surface area contributed by atoms with E-state index in [1.807, 2.05) is 43.7 Å². The molecule has 0 atom stereocenters. The van der Waals surface area contributed by atoms with E-state index in [-0.39, 0.29) is 6.09 Å². The van der Waals surface area contributed by atoms with Gasteiger partial charge in [-0.25, -0.2) is 9.78 Å². The minimum atomic E-state index is -0.448. The standard InChI is InChI=1S/C18H27N5O2/c1-18(2,3)25-17(24)20-12-7-4-5-9-13-23-14-21-16(22-23)15-10-6-8-11-19-15/h6,8,10-11,14H,4-5,7,9,12-13H2,1-3H3,(H,20,24). The Kier molecular flexibility index (Phi) is 6.91. The van der Waals surface area contributed by atoms with Crippen LogP contribution in [0, 0.1) is 0 Å². The smallest absolute Gasteiger partial charge is 0.407 e. The zero-order valence-electron chi connectivity index (χ0n) is 15.2. The average Bonchev–Trinajstić information content (AvgIpc) is 3.02. The molecule has 0 aromatic carbocycles. The Morgan fingerprint density at radius 2 is 1.96 bits per heavy atom. The minimum Gasteiger partial charge on any atom is -0.444 e. The van der Waals surface area contributed by atoms with Crippen LogP contribution in [0.25, 0.3) is 11.5 Å². The number of carbonyl (C=O) groups excluding carboxylic acids is 1. The van der Waals surface area contributed by atoms with Gasteiger partial charge in [0.1, 0.15) is 17.6 Å². The van der Waals surface area contributed by atoms with E-state index in [1.165, 1.54) is 0 Å². The lowest BCUT2D eigenvalue weighted by Gasteiger charge is -2.19. The number of alkyl carbamates (subject to hydrolysis) is 1. The highest BCUT2D eigenvalue weighted by Crippen LogP contribution is 2.10. The number of aromatic nitrogens is 4. The summed E-state index contributed by atoms with van der Waals surface area (Å²) in [6.45, 7) is 7.05. The van der Waals surface area contributed by atoms with Crippen molar-refractivity contribution in [2.45, 2.75) is 58.6 Å². The fourth-order valence-electron chi connectivity index (χ4n) is 2.27. The number of aryl methyl sites for hydroxylation is 1. The number of amides is 1. The van der Waals surface area contributed by atoms with Crippen LogP contribution in [0.3, 0.4) is 0 Å². The number of nitrogens with one attached hydrogen (secondary N) is 1. The Balaban J connectivity index is 1.57. The molecule has 1 N–H and O–H groups in total. The van der Waals surface area contributed by atoms with Crippen LogP contribution in [-0.2, 0) is 11.3 Å². The second-order valence-corrected chi connectivity index (χ2v) is 6.89. The molecular weight excluding hydrogens is 318 g/mol. The largest absolute Gasteiger partial charge is 0.444 e. The molecule has 136 valence electrons. The van der Waals surface area contributed by atoms with E-state index in [1.54, 1.807) is 12.5 Å². The van der Waals surface area contributed by atoms with Gasteiger partial charge in [-0.05, 0) is 45.7 Å². The number of ether oxygens (including phenoxy) is 1. The van der Waals surface area contributed by atoms with E-state index < -0.39 is 5.60 Å². The van der Waals surface area contributed by atoms with Gasteiger partial charge in [-0.2, -0.15) is 0 Å². The lowest BCUT2D eigenvalue weighted by atomic mass is 10.2. The van der Waals surface area contributed by atoms with Gasteiger partial charge in [0.05, 0.1) is 0 Å². The molecule has 0 bridgehead atoms. The Morgan fingerprint density at radius 3 is 2.68 bits per heavy atom. The Labute approximate surface area is 148 Å². The third-order valence-electron chi connectivity index (χ3n) is 3.41.